The molecule has 102 valence electrons. The summed E-state index contributed by atoms with van der Waals surface area (Å²) in [5, 5.41) is 0.690. The number of aryl methyl sites for hydroxylation is 1. The van der Waals surface area contributed by atoms with E-state index in [1.807, 2.05) is 41.1 Å². The van der Waals surface area contributed by atoms with Gasteiger partial charge in [-0.3, -0.25) is 0 Å². The highest BCUT2D eigenvalue weighted by Crippen LogP contribution is 2.34. The summed E-state index contributed by atoms with van der Waals surface area (Å²) in [6.07, 6.45) is 4.05. The Balaban J connectivity index is 1.85. The molecule has 2 heterocycles. The first-order valence-corrected chi connectivity index (χ1v) is 7.61. The largest absolute Gasteiger partial charge is 0.398 e. The van der Waals surface area contributed by atoms with Gasteiger partial charge >= 0.3 is 0 Å². The van der Waals surface area contributed by atoms with Crippen LogP contribution in [-0.4, -0.2) is 9.38 Å². The van der Waals surface area contributed by atoms with Gasteiger partial charge in [0.05, 0.1) is 10.7 Å². The van der Waals surface area contributed by atoms with Gasteiger partial charge in [-0.05, 0) is 30.7 Å². The van der Waals surface area contributed by atoms with Gasteiger partial charge in [-0.1, -0.05) is 23.7 Å². The molecule has 0 bridgehead atoms. The highest BCUT2D eigenvalue weighted by molar-refractivity contribution is 7.98. The van der Waals surface area contributed by atoms with Crippen LogP contribution in [0.25, 0.3) is 5.65 Å². The van der Waals surface area contributed by atoms with Crippen LogP contribution in [0, 0.1) is 6.92 Å². The summed E-state index contributed by atoms with van der Waals surface area (Å²) in [4.78, 5) is 5.56. The van der Waals surface area contributed by atoms with E-state index in [4.69, 9.17) is 17.3 Å². The zero-order valence-corrected chi connectivity index (χ0v) is 12.6. The molecular formula is C15H14ClN3S. The number of fused-ring (bicyclic) bond motifs is 1. The van der Waals surface area contributed by atoms with Crippen LogP contribution < -0.4 is 5.73 Å². The van der Waals surface area contributed by atoms with E-state index in [0.29, 0.717) is 10.7 Å². The van der Waals surface area contributed by atoms with E-state index < -0.39 is 0 Å². The molecule has 1 aromatic carbocycles. The van der Waals surface area contributed by atoms with E-state index in [-0.39, 0.29) is 0 Å². The van der Waals surface area contributed by atoms with Gasteiger partial charge in [0, 0.05) is 28.7 Å². The molecule has 20 heavy (non-hydrogen) atoms. The number of nitrogens with zero attached hydrogens (tertiary/aromatic N) is 2. The van der Waals surface area contributed by atoms with Crippen molar-refractivity contribution in [3.63, 3.8) is 0 Å². The second-order valence-electron chi connectivity index (χ2n) is 4.60. The predicted molar refractivity (Wildman–Crippen MR) is 85.4 cm³/mol. The lowest BCUT2D eigenvalue weighted by Gasteiger charge is -2.05. The van der Waals surface area contributed by atoms with E-state index >= 15 is 0 Å². The van der Waals surface area contributed by atoms with Gasteiger partial charge in [-0.15, -0.1) is 11.8 Å². The van der Waals surface area contributed by atoms with Gasteiger partial charge in [0.25, 0.3) is 0 Å². The second-order valence-corrected chi connectivity index (χ2v) is 5.99. The average Bonchev–Trinajstić information content (AvgIpc) is 2.83. The number of hydrogen-bond acceptors (Lipinski definition) is 3. The van der Waals surface area contributed by atoms with Crippen LogP contribution in [0.5, 0.6) is 0 Å². The Kier molecular flexibility index (Phi) is 3.59. The van der Waals surface area contributed by atoms with Gasteiger partial charge in [0.1, 0.15) is 5.65 Å². The number of anilines is 1. The lowest BCUT2D eigenvalue weighted by Crippen LogP contribution is -1.89. The monoisotopic (exact) mass is 303 g/mol. The van der Waals surface area contributed by atoms with Gasteiger partial charge in [0.2, 0.25) is 0 Å². The molecule has 0 unspecified atom stereocenters. The molecule has 0 amide bonds. The highest BCUT2D eigenvalue weighted by atomic mass is 35.5. The summed E-state index contributed by atoms with van der Waals surface area (Å²) in [6.45, 7) is 2.06. The molecule has 3 rings (SSSR count). The summed E-state index contributed by atoms with van der Waals surface area (Å²) in [7, 11) is 0. The normalized spacial score (nSPS) is 11.1. The third-order valence-corrected chi connectivity index (χ3v) is 4.70. The molecule has 0 fully saturated rings. The molecular weight excluding hydrogens is 290 g/mol. The van der Waals surface area contributed by atoms with Crippen molar-refractivity contribution in [3.05, 3.63) is 59.0 Å². The summed E-state index contributed by atoms with van der Waals surface area (Å²) < 4.78 is 2.04. The van der Waals surface area contributed by atoms with Crippen molar-refractivity contribution >= 4 is 34.7 Å². The maximum absolute atomic E-state index is 6.17. The summed E-state index contributed by atoms with van der Waals surface area (Å²) in [5.74, 6) is 0.745. The van der Waals surface area contributed by atoms with Crippen LogP contribution in [0.1, 0.15) is 11.3 Å². The number of halogens is 1. The molecule has 0 saturated carbocycles. The first-order chi connectivity index (χ1) is 9.65. The van der Waals surface area contributed by atoms with Crippen LogP contribution in [0.3, 0.4) is 0 Å². The average molecular weight is 304 g/mol. The topological polar surface area (TPSA) is 43.3 Å². The minimum Gasteiger partial charge on any atom is -0.398 e. The summed E-state index contributed by atoms with van der Waals surface area (Å²) >= 11 is 7.79. The molecule has 0 radical (unpaired) electrons. The first kappa shape index (κ1) is 13.3. The molecule has 2 aromatic heterocycles. The van der Waals surface area contributed by atoms with Crippen molar-refractivity contribution in [3.8, 4) is 0 Å². The number of rotatable bonds is 3. The number of aromatic nitrogens is 2. The van der Waals surface area contributed by atoms with Crippen molar-refractivity contribution < 1.29 is 0 Å². The van der Waals surface area contributed by atoms with E-state index in [2.05, 4.69) is 18.0 Å². The van der Waals surface area contributed by atoms with E-state index in [1.165, 1.54) is 5.56 Å². The van der Waals surface area contributed by atoms with E-state index in [0.717, 1.165) is 22.0 Å². The van der Waals surface area contributed by atoms with Crippen LogP contribution in [0.4, 0.5) is 5.69 Å². The van der Waals surface area contributed by atoms with E-state index in [1.54, 1.807) is 11.8 Å². The quantitative estimate of drug-likeness (QED) is 0.583. The van der Waals surface area contributed by atoms with Gasteiger partial charge in [-0.2, -0.15) is 0 Å². The Morgan fingerprint density at radius 3 is 2.90 bits per heavy atom. The standard InChI is InChI=1S/C15H14ClN3S/c1-10-4-3-7-19-8-11(18-15(10)19)9-20-14-12(16)5-2-6-13(14)17/h2-8H,9,17H2,1H3. The first-order valence-electron chi connectivity index (χ1n) is 6.25. The Hall–Kier alpha value is -1.65. The smallest absolute Gasteiger partial charge is 0.139 e. The molecule has 3 nitrogen and oxygen atoms in total. The molecule has 0 spiro atoms. The second kappa shape index (κ2) is 5.38. The molecule has 0 aliphatic rings. The number of benzene rings is 1. The van der Waals surface area contributed by atoms with Crippen molar-refractivity contribution in [1.29, 1.82) is 0 Å². The minimum atomic E-state index is 0.690. The van der Waals surface area contributed by atoms with Crippen LogP contribution in [-0.2, 0) is 5.75 Å². The van der Waals surface area contributed by atoms with Gasteiger partial charge in [0.15, 0.2) is 0 Å². The molecule has 0 atom stereocenters. The van der Waals surface area contributed by atoms with Crippen LogP contribution in [0.15, 0.2) is 47.6 Å². The fraction of sp³-hybridized carbons (Fsp3) is 0.133. The number of imidazole rings is 1. The van der Waals surface area contributed by atoms with Crippen LogP contribution in [0.2, 0.25) is 5.02 Å². The molecule has 0 aliphatic heterocycles. The lowest BCUT2D eigenvalue weighted by atomic mass is 10.3. The number of nitrogen functional groups attached to an aromatic ring is 1. The molecule has 0 saturated heterocycles. The molecule has 0 aliphatic carbocycles. The fourth-order valence-corrected chi connectivity index (χ4v) is 3.32. The SMILES string of the molecule is Cc1cccn2cc(CSc3c(N)cccc3Cl)nc12. The zero-order valence-electron chi connectivity index (χ0n) is 11.0. The maximum atomic E-state index is 6.17. The summed E-state index contributed by atoms with van der Waals surface area (Å²) in [5.41, 5.74) is 9.84. The number of thioether (sulfide) groups is 1. The van der Waals surface area contributed by atoms with Crippen molar-refractivity contribution in [2.24, 2.45) is 0 Å². The molecule has 2 N–H and O–H groups in total. The summed E-state index contributed by atoms with van der Waals surface area (Å²) in [6, 6.07) is 9.66. The maximum Gasteiger partial charge on any atom is 0.139 e. The number of nitrogens with two attached hydrogens (primary N) is 1. The third-order valence-electron chi connectivity index (χ3n) is 3.09. The predicted octanol–water partition coefficient (Wildman–Crippen LogP) is 4.17. The Bertz CT molecular complexity index is 747. The minimum absolute atomic E-state index is 0.690. The van der Waals surface area contributed by atoms with Crippen LogP contribution >= 0.6 is 23.4 Å². The Morgan fingerprint density at radius 1 is 1.30 bits per heavy atom. The number of hydrogen-bond donors (Lipinski definition) is 1. The fourth-order valence-electron chi connectivity index (χ4n) is 2.10. The zero-order chi connectivity index (χ0) is 14.1. The Morgan fingerprint density at radius 2 is 2.15 bits per heavy atom. The number of pyridine rings is 1. The van der Waals surface area contributed by atoms with Gasteiger partial charge < -0.3 is 10.1 Å². The van der Waals surface area contributed by atoms with Crippen molar-refractivity contribution in [2.75, 3.05) is 5.73 Å². The molecule has 5 heteroatoms. The third kappa shape index (κ3) is 2.49. The van der Waals surface area contributed by atoms with E-state index in [9.17, 15) is 0 Å². The van der Waals surface area contributed by atoms with Crippen molar-refractivity contribution in [1.82, 2.24) is 9.38 Å². The van der Waals surface area contributed by atoms with Crippen molar-refractivity contribution in [2.45, 2.75) is 17.6 Å². The van der Waals surface area contributed by atoms with Gasteiger partial charge in [-0.25, -0.2) is 4.98 Å². The molecule has 3 aromatic rings. The Labute approximate surface area is 126 Å². The lowest BCUT2D eigenvalue weighted by molar-refractivity contribution is 1.16. The highest BCUT2D eigenvalue weighted by Gasteiger charge is 2.08.